The summed E-state index contributed by atoms with van der Waals surface area (Å²) in [5.41, 5.74) is 1.70. The van der Waals surface area contributed by atoms with Crippen LogP contribution in [0, 0.1) is 3.57 Å². The second-order valence-corrected chi connectivity index (χ2v) is 6.59. The Morgan fingerprint density at radius 3 is 2.25 bits per heavy atom. The molecule has 0 aliphatic heterocycles. The molecule has 3 nitrogen and oxygen atoms in total. The molecule has 0 radical (unpaired) electrons. The average Bonchev–Trinajstić information content (AvgIpc) is 2.60. The van der Waals surface area contributed by atoms with Crippen LogP contribution in [-0.4, -0.2) is 20.0 Å². The molecular weight excluding hydrogens is 415 g/mol. The molecule has 0 bridgehead atoms. The molecule has 122 valence electrons. The minimum Gasteiger partial charge on any atom is -0.496 e. The molecule has 3 aromatic carbocycles. The number of hydrogen-bond donors (Lipinski definition) is 0. The number of fused-ring (bicyclic) bond motifs is 1. The highest BCUT2D eigenvalue weighted by Gasteiger charge is 2.14. The van der Waals surface area contributed by atoms with Gasteiger partial charge in [-0.1, -0.05) is 30.3 Å². The van der Waals surface area contributed by atoms with Gasteiger partial charge in [0.25, 0.3) is 0 Å². The van der Waals surface area contributed by atoms with Gasteiger partial charge in [0.1, 0.15) is 11.5 Å². The van der Waals surface area contributed by atoms with E-state index in [-0.39, 0.29) is 5.78 Å². The van der Waals surface area contributed by atoms with Crippen LogP contribution in [0.3, 0.4) is 0 Å². The maximum Gasteiger partial charge on any atom is 0.167 e. The molecule has 0 aromatic heterocycles. The molecule has 0 fully saturated rings. The van der Waals surface area contributed by atoms with Crippen molar-refractivity contribution in [3.05, 3.63) is 69.3 Å². The van der Waals surface area contributed by atoms with E-state index in [1.165, 1.54) is 0 Å². The smallest absolute Gasteiger partial charge is 0.167 e. The molecule has 0 saturated heterocycles. The van der Waals surface area contributed by atoms with Gasteiger partial charge in [0.15, 0.2) is 5.78 Å². The van der Waals surface area contributed by atoms with E-state index >= 15 is 0 Å². The zero-order chi connectivity index (χ0) is 17.1. The summed E-state index contributed by atoms with van der Waals surface area (Å²) in [7, 11) is 3.29. The van der Waals surface area contributed by atoms with Crippen molar-refractivity contribution in [2.45, 2.75) is 6.42 Å². The minimum atomic E-state index is 0.0924. The first-order valence-corrected chi connectivity index (χ1v) is 8.63. The number of Topliss-reactive ketones (excluding diaryl/α,β-unsaturated/α-hetero) is 1. The number of carbonyl (C=O) groups is 1. The third-order valence-corrected chi connectivity index (χ3v) is 4.83. The van der Waals surface area contributed by atoms with Crippen LogP contribution in [0.25, 0.3) is 10.8 Å². The predicted molar refractivity (Wildman–Crippen MR) is 104 cm³/mol. The quantitative estimate of drug-likeness (QED) is 0.426. The molecule has 24 heavy (non-hydrogen) atoms. The number of rotatable bonds is 5. The predicted octanol–water partition coefficient (Wildman–Crippen LogP) is 4.89. The van der Waals surface area contributed by atoms with Crippen LogP contribution >= 0.6 is 22.6 Å². The lowest BCUT2D eigenvalue weighted by Crippen LogP contribution is -2.05. The highest BCUT2D eigenvalue weighted by atomic mass is 127. The number of benzene rings is 3. The summed E-state index contributed by atoms with van der Waals surface area (Å²) >= 11 is 2.22. The zero-order valence-corrected chi connectivity index (χ0v) is 15.7. The number of ketones is 1. The van der Waals surface area contributed by atoms with Crippen LogP contribution in [0.5, 0.6) is 11.5 Å². The lowest BCUT2D eigenvalue weighted by Gasteiger charge is -2.10. The fourth-order valence-corrected chi connectivity index (χ4v) is 3.59. The Hall–Kier alpha value is -2.08. The molecule has 0 atom stereocenters. The maximum atomic E-state index is 12.8. The van der Waals surface area contributed by atoms with Gasteiger partial charge in [-0.3, -0.25) is 4.79 Å². The topological polar surface area (TPSA) is 35.5 Å². The molecular formula is C20H17IO3. The largest absolute Gasteiger partial charge is 0.496 e. The molecule has 0 unspecified atom stereocenters. The molecule has 4 heteroatoms. The van der Waals surface area contributed by atoms with E-state index in [2.05, 4.69) is 22.6 Å². The molecule has 0 aliphatic carbocycles. The van der Waals surface area contributed by atoms with E-state index in [4.69, 9.17) is 9.47 Å². The standard InChI is InChI=1S/C20H17IO3/c1-23-19-10-8-15(14-5-3-4-6-16(14)19)18(22)12-13-7-9-20(24-2)17(21)11-13/h3-11H,12H2,1-2H3. The lowest BCUT2D eigenvalue weighted by atomic mass is 9.97. The average molecular weight is 432 g/mol. The van der Waals surface area contributed by atoms with Crippen molar-refractivity contribution in [3.63, 3.8) is 0 Å². The fourth-order valence-electron chi connectivity index (χ4n) is 2.79. The van der Waals surface area contributed by atoms with Crippen molar-refractivity contribution in [2.75, 3.05) is 14.2 Å². The molecule has 0 N–H and O–H groups in total. The van der Waals surface area contributed by atoms with E-state index in [1.807, 2.05) is 54.6 Å². The molecule has 0 heterocycles. The number of ether oxygens (including phenoxy) is 2. The van der Waals surface area contributed by atoms with Gasteiger partial charge in [-0.2, -0.15) is 0 Å². The van der Waals surface area contributed by atoms with Crippen molar-refractivity contribution in [2.24, 2.45) is 0 Å². The first-order valence-electron chi connectivity index (χ1n) is 7.55. The van der Waals surface area contributed by atoms with E-state index in [1.54, 1.807) is 14.2 Å². The Morgan fingerprint density at radius 1 is 0.917 bits per heavy atom. The number of halogens is 1. The Morgan fingerprint density at radius 2 is 1.58 bits per heavy atom. The van der Waals surface area contributed by atoms with Crippen LogP contribution in [0.2, 0.25) is 0 Å². The summed E-state index contributed by atoms with van der Waals surface area (Å²) in [6.45, 7) is 0. The highest BCUT2D eigenvalue weighted by Crippen LogP contribution is 2.29. The van der Waals surface area contributed by atoms with Crippen molar-refractivity contribution < 1.29 is 14.3 Å². The first kappa shape index (κ1) is 16.8. The Labute approximate surface area is 154 Å². The van der Waals surface area contributed by atoms with Crippen LogP contribution < -0.4 is 9.47 Å². The van der Waals surface area contributed by atoms with E-state index < -0.39 is 0 Å². The van der Waals surface area contributed by atoms with Gasteiger partial charge in [0, 0.05) is 17.4 Å². The van der Waals surface area contributed by atoms with Gasteiger partial charge in [0.05, 0.1) is 17.8 Å². The maximum absolute atomic E-state index is 12.8. The SMILES string of the molecule is COc1ccc(CC(=O)c2ccc(OC)c3ccccc23)cc1I. The van der Waals surface area contributed by atoms with Crippen molar-refractivity contribution in [3.8, 4) is 11.5 Å². The van der Waals surface area contributed by atoms with Gasteiger partial charge < -0.3 is 9.47 Å². The minimum absolute atomic E-state index is 0.0924. The second kappa shape index (κ2) is 7.21. The molecule has 3 aromatic rings. The fraction of sp³-hybridized carbons (Fsp3) is 0.150. The summed E-state index contributed by atoms with van der Waals surface area (Å²) in [6, 6.07) is 17.3. The lowest BCUT2D eigenvalue weighted by molar-refractivity contribution is 0.0994. The summed E-state index contributed by atoms with van der Waals surface area (Å²) in [6.07, 6.45) is 0.357. The van der Waals surface area contributed by atoms with Gasteiger partial charge in [0.2, 0.25) is 0 Å². The third-order valence-electron chi connectivity index (χ3n) is 3.99. The zero-order valence-electron chi connectivity index (χ0n) is 13.5. The van der Waals surface area contributed by atoms with Gasteiger partial charge >= 0.3 is 0 Å². The van der Waals surface area contributed by atoms with Crippen LogP contribution in [0.1, 0.15) is 15.9 Å². The Kier molecular flexibility index (Phi) is 5.04. The molecule has 0 aliphatic rings. The summed E-state index contributed by atoms with van der Waals surface area (Å²) in [5, 5.41) is 1.88. The van der Waals surface area contributed by atoms with E-state index in [9.17, 15) is 4.79 Å². The number of hydrogen-bond acceptors (Lipinski definition) is 3. The Bertz CT molecular complexity index is 903. The van der Waals surface area contributed by atoms with Crippen molar-refractivity contribution in [1.82, 2.24) is 0 Å². The molecule has 0 saturated carbocycles. The summed E-state index contributed by atoms with van der Waals surface area (Å²) in [5.74, 6) is 1.69. The summed E-state index contributed by atoms with van der Waals surface area (Å²) < 4.78 is 11.7. The number of methoxy groups -OCH3 is 2. The van der Waals surface area contributed by atoms with Gasteiger partial charge in [-0.05, 0) is 57.8 Å². The highest BCUT2D eigenvalue weighted by molar-refractivity contribution is 14.1. The van der Waals surface area contributed by atoms with E-state index in [0.717, 1.165) is 37.0 Å². The normalized spacial score (nSPS) is 10.6. The van der Waals surface area contributed by atoms with Crippen LogP contribution in [0.15, 0.2) is 54.6 Å². The van der Waals surface area contributed by atoms with Crippen molar-refractivity contribution in [1.29, 1.82) is 0 Å². The Balaban J connectivity index is 1.96. The van der Waals surface area contributed by atoms with Gasteiger partial charge in [-0.25, -0.2) is 0 Å². The number of carbonyl (C=O) groups excluding carboxylic acids is 1. The van der Waals surface area contributed by atoms with Crippen LogP contribution in [-0.2, 0) is 6.42 Å². The van der Waals surface area contributed by atoms with E-state index in [0.29, 0.717) is 6.42 Å². The second-order valence-electron chi connectivity index (χ2n) is 5.43. The molecule has 3 rings (SSSR count). The van der Waals surface area contributed by atoms with Crippen LogP contribution in [0.4, 0.5) is 0 Å². The monoisotopic (exact) mass is 432 g/mol. The molecule has 0 amide bonds. The first-order chi connectivity index (χ1) is 11.6. The summed E-state index contributed by atoms with van der Waals surface area (Å²) in [4.78, 5) is 12.8. The molecule has 0 spiro atoms. The third kappa shape index (κ3) is 3.24. The van der Waals surface area contributed by atoms with Gasteiger partial charge in [-0.15, -0.1) is 0 Å². The van der Waals surface area contributed by atoms with Crippen molar-refractivity contribution >= 4 is 39.1 Å².